The summed E-state index contributed by atoms with van der Waals surface area (Å²) in [5.41, 5.74) is 0. The molecule has 2 heterocycles. The number of nitrogens with zero attached hydrogens (tertiary/aromatic N) is 2. The van der Waals surface area contributed by atoms with Crippen LogP contribution in [0.4, 0.5) is 0 Å². The van der Waals surface area contributed by atoms with E-state index >= 15 is 0 Å². The molecule has 1 aliphatic carbocycles. The lowest BCUT2D eigenvalue weighted by Gasteiger charge is -2.39. The number of piperazine rings is 1. The molecule has 0 aromatic heterocycles. The van der Waals surface area contributed by atoms with Crippen LogP contribution in [-0.4, -0.2) is 60.9 Å². The molecule has 0 spiro atoms. The lowest BCUT2D eigenvalue weighted by atomic mass is 9.88. The summed E-state index contributed by atoms with van der Waals surface area (Å²) in [4.78, 5) is 28.8. The van der Waals surface area contributed by atoms with Gasteiger partial charge in [-0.05, 0) is 31.3 Å². The topological polar surface area (TPSA) is 52.7 Å². The summed E-state index contributed by atoms with van der Waals surface area (Å²) >= 11 is 0. The van der Waals surface area contributed by atoms with Crippen LogP contribution in [0.25, 0.3) is 0 Å². The molecule has 0 aromatic rings. The molecule has 2 amide bonds. The second-order valence-corrected chi connectivity index (χ2v) is 7.60. The fraction of sp³-hybridized carbons (Fsp3) is 0.889. The second-order valence-electron chi connectivity index (χ2n) is 7.60. The number of carbonyl (C=O) groups is 2. The van der Waals surface area contributed by atoms with Gasteiger partial charge in [0.15, 0.2) is 0 Å². The SMILES string of the molecule is CC(C(=O)N1CCN(C(=O)CCC2CCCC2)CC1)C1CNC1.Cl. The molecule has 2 aliphatic heterocycles. The summed E-state index contributed by atoms with van der Waals surface area (Å²) in [5.74, 6) is 1.95. The summed E-state index contributed by atoms with van der Waals surface area (Å²) in [6.45, 7) is 6.82. The zero-order valence-electron chi connectivity index (χ0n) is 14.8. The first kappa shape index (κ1) is 19.5. The van der Waals surface area contributed by atoms with Crippen molar-refractivity contribution in [3.8, 4) is 0 Å². The molecule has 3 rings (SSSR count). The number of nitrogens with one attached hydrogen (secondary N) is 1. The van der Waals surface area contributed by atoms with Gasteiger partial charge < -0.3 is 15.1 Å². The Hall–Kier alpha value is -0.810. The average molecular weight is 358 g/mol. The quantitative estimate of drug-likeness (QED) is 0.817. The Labute approximate surface area is 151 Å². The van der Waals surface area contributed by atoms with Crippen molar-refractivity contribution < 1.29 is 9.59 Å². The molecule has 6 heteroatoms. The fourth-order valence-corrected chi connectivity index (χ4v) is 4.12. The highest BCUT2D eigenvalue weighted by atomic mass is 35.5. The van der Waals surface area contributed by atoms with Crippen molar-refractivity contribution in [2.45, 2.75) is 45.4 Å². The van der Waals surface area contributed by atoms with Gasteiger partial charge in [-0.15, -0.1) is 12.4 Å². The van der Waals surface area contributed by atoms with Crippen molar-refractivity contribution in [2.75, 3.05) is 39.3 Å². The minimum absolute atomic E-state index is 0. The van der Waals surface area contributed by atoms with Crippen LogP contribution in [0.3, 0.4) is 0 Å². The highest BCUT2D eigenvalue weighted by Crippen LogP contribution is 2.28. The van der Waals surface area contributed by atoms with Gasteiger partial charge in [0.1, 0.15) is 0 Å². The first-order valence-corrected chi connectivity index (χ1v) is 9.42. The largest absolute Gasteiger partial charge is 0.339 e. The van der Waals surface area contributed by atoms with E-state index in [9.17, 15) is 9.59 Å². The molecule has 1 atom stereocenters. The zero-order chi connectivity index (χ0) is 16.2. The van der Waals surface area contributed by atoms with Crippen LogP contribution in [0, 0.1) is 17.8 Å². The van der Waals surface area contributed by atoms with Crippen molar-refractivity contribution >= 4 is 24.2 Å². The van der Waals surface area contributed by atoms with Crippen LogP contribution in [0.2, 0.25) is 0 Å². The molecule has 1 saturated carbocycles. The molecule has 3 fully saturated rings. The van der Waals surface area contributed by atoms with E-state index in [0.717, 1.165) is 25.4 Å². The van der Waals surface area contributed by atoms with Crippen LogP contribution in [0.5, 0.6) is 0 Å². The van der Waals surface area contributed by atoms with E-state index < -0.39 is 0 Å². The second kappa shape index (κ2) is 9.04. The van der Waals surface area contributed by atoms with E-state index in [1.54, 1.807) is 0 Å². The van der Waals surface area contributed by atoms with Gasteiger partial charge in [-0.2, -0.15) is 0 Å². The van der Waals surface area contributed by atoms with Crippen molar-refractivity contribution in [3.63, 3.8) is 0 Å². The van der Waals surface area contributed by atoms with Gasteiger partial charge >= 0.3 is 0 Å². The van der Waals surface area contributed by atoms with Gasteiger partial charge in [0.2, 0.25) is 11.8 Å². The van der Waals surface area contributed by atoms with Crippen LogP contribution in [-0.2, 0) is 9.59 Å². The third-order valence-electron chi connectivity index (χ3n) is 6.09. The monoisotopic (exact) mass is 357 g/mol. The van der Waals surface area contributed by atoms with E-state index in [4.69, 9.17) is 0 Å². The maximum atomic E-state index is 12.5. The van der Waals surface area contributed by atoms with Crippen molar-refractivity contribution in [1.82, 2.24) is 15.1 Å². The van der Waals surface area contributed by atoms with Gasteiger partial charge in [-0.1, -0.05) is 32.6 Å². The molecule has 5 nitrogen and oxygen atoms in total. The van der Waals surface area contributed by atoms with Crippen LogP contribution >= 0.6 is 12.4 Å². The summed E-state index contributed by atoms with van der Waals surface area (Å²) in [7, 11) is 0. The number of carbonyl (C=O) groups excluding carboxylic acids is 2. The molecule has 0 radical (unpaired) electrons. The van der Waals surface area contributed by atoms with Gasteiger partial charge in [-0.3, -0.25) is 9.59 Å². The van der Waals surface area contributed by atoms with E-state index in [1.165, 1.54) is 25.7 Å². The maximum absolute atomic E-state index is 12.5. The number of hydrogen-bond acceptors (Lipinski definition) is 3. The molecule has 1 unspecified atom stereocenters. The van der Waals surface area contributed by atoms with Crippen molar-refractivity contribution in [1.29, 1.82) is 0 Å². The first-order chi connectivity index (χ1) is 11.1. The minimum Gasteiger partial charge on any atom is -0.339 e. The van der Waals surface area contributed by atoms with Crippen LogP contribution < -0.4 is 5.32 Å². The molecule has 24 heavy (non-hydrogen) atoms. The smallest absolute Gasteiger partial charge is 0.225 e. The highest BCUT2D eigenvalue weighted by Gasteiger charge is 2.33. The van der Waals surface area contributed by atoms with E-state index in [1.807, 2.05) is 16.7 Å². The lowest BCUT2D eigenvalue weighted by molar-refractivity contribution is -0.143. The maximum Gasteiger partial charge on any atom is 0.225 e. The van der Waals surface area contributed by atoms with Gasteiger partial charge in [-0.25, -0.2) is 0 Å². The highest BCUT2D eigenvalue weighted by molar-refractivity contribution is 5.85. The van der Waals surface area contributed by atoms with Gasteiger partial charge in [0.05, 0.1) is 0 Å². The lowest BCUT2D eigenvalue weighted by Crippen LogP contribution is -2.55. The standard InChI is InChI=1S/C18H31N3O2.ClH/c1-14(16-12-19-13-16)18(23)21-10-8-20(9-11-21)17(22)7-6-15-4-2-3-5-15;/h14-16,19H,2-13H2,1H3;1H. The van der Waals surface area contributed by atoms with Gasteiger partial charge in [0.25, 0.3) is 0 Å². The molecule has 138 valence electrons. The first-order valence-electron chi connectivity index (χ1n) is 9.42. The number of amides is 2. The zero-order valence-corrected chi connectivity index (χ0v) is 15.7. The molecule has 2 saturated heterocycles. The van der Waals surface area contributed by atoms with Crippen molar-refractivity contribution in [3.05, 3.63) is 0 Å². The normalized spacial score (nSPS) is 23.5. The Bertz CT molecular complexity index is 428. The van der Waals surface area contributed by atoms with Crippen LogP contribution in [0.1, 0.15) is 45.4 Å². The Balaban J connectivity index is 0.00000208. The van der Waals surface area contributed by atoms with Crippen molar-refractivity contribution in [2.24, 2.45) is 17.8 Å². The number of halogens is 1. The molecular formula is C18H32ClN3O2. The van der Waals surface area contributed by atoms with E-state index in [-0.39, 0.29) is 24.2 Å². The average Bonchev–Trinajstić information content (AvgIpc) is 3.03. The van der Waals surface area contributed by atoms with E-state index in [2.05, 4.69) is 5.32 Å². The summed E-state index contributed by atoms with van der Waals surface area (Å²) in [5, 5.41) is 3.24. The van der Waals surface area contributed by atoms with E-state index in [0.29, 0.717) is 44.4 Å². The third kappa shape index (κ3) is 4.63. The third-order valence-corrected chi connectivity index (χ3v) is 6.09. The van der Waals surface area contributed by atoms with Crippen LogP contribution in [0.15, 0.2) is 0 Å². The summed E-state index contributed by atoms with van der Waals surface area (Å²) < 4.78 is 0. The Morgan fingerprint density at radius 1 is 1.04 bits per heavy atom. The Kier molecular flexibility index (Phi) is 7.35. The number of hydrogen-bond donors (Lipinski definition) is 1. The Morgan fingerprint density at radius 2 is 1.62 bits per heavy atom. The predicted octanol–water partition coefficient (Wildman–Crippen LogP) is 1.90. The molecule has 3 aliphatic rings. The molecule has 0 bridgehead atoms. The molecule has 0 aromatic carbocycles. The fourth-order valence-electron chi connectivity index (χ4n) is 4.12. The molecule has 1 N–H and O–H groups in total. The Morgan fingerprint density at radius 3 is 2.17 bits per heavy atom. The van der Waals surface area contributed by atoms with Gasteiger partial charge in [0, 0.05) is 38.5 Å². The summed E-state index contributed by atoms with van der Waals surface area (Å²) in [6, 6.07) is 0. The number of rotatable bonds is 5. The minimum atomic E-state index is 0. The summed E-state index contributed by atoms with van der Waals surface area (Å²) in [6.07, 6.45) is 7.06. The molecular weight excluding hydrogens is 326 g/mol. The predicted molar refractivity (Wildman–Crippen MR) is 97.1 cm³/mol.